The van der Waals surface area contributed by atoms with Gasteiger partial charge in [-0.05, 0) is 29.3 Å². The molecule has 5 nitrogen and oxygen atoms in total. The van der Waals surface area contributed by atoms with Gasteiger partial charge in [-0.25, -0.2) is 4.39 Å². The molecule has 0 aromatic heterocycles. The number of rotatable bonds is 7. The topological polar surface area (TPSA) is 56.7 Å². The first kappa shape index (κ1) is 20.9. The molecule has 1 amide bonds. The zero-order chi connectivity index (χ0) is 19.6. The van der Waals surface area contributed by atoms with E-state index in [9.17, 15) is 9.18 Å². The monoisotopic (exact) mass is 434 g/mol. The van der Waals surface area contributed by atoms with E-state index < -0.39 is 0 Å². The highest BCUT2D eigenvalue weighted by Crippen LogP contribution is 2.17. The summed E-state index contributed by atoms with van der Waals surface area (Å²) in [6.45, 7) is 1.46. The van der Waals surface area contributed by atoms with Crippen LogP contribution in [0, 0.1) is 5.82 Å². The zero-order valence-electron chi connectivity index (χ0n) is 15.5. The Labute approximate surface area is 167 Å². The van der Waals surface area contributed by atoms with Crippen molar-refractivity contribution in [2.45, 2.75) is 19.5 Å². The highest BCUT2D eigenvalue weighted by atomic mass is 79.9. The first-order valence-corrected chi connectivity index (χ1v) is 9.45. The van der Waals surface area contributed by atoms with Gasteiger partial charge < -0.3 is 15.5 Å². The van der Waals surface area contributed by atoms with Crippen molar-refractivity contribution in [1.29, 1.82) is 0 Å². The molecule has 2 aromatic rings. The van der Waals surface area contributed by atoms with Crippen molar-refractivity contribution in [3.63, 3.8) is 0 Å². The van der Waals surface area contributed by atoms with Crippen molar-refractivity contribution in [1.82, 2.24) is 15.5 Å². The van der Waals surface area contributed by atoms with Gasteiger partial charge in [0.15, 0.2) is 5.96 Å². The highest BCUT2D eigenvalue weighted by molar-refractivity contribution is 9.10. The zero-order valence-corrected chi connectivity index (χ0v) is 17.1. The molecule has 0 heterocycles. The fraction of sp³-hybridized carbons (Fsp3) is 0.300. The molecular weight excluding hydrogens is 411 g/mol. The van der Waals surface area contributed by atoms with Crippen LogP contribution in [0.4, 0.5) is 4.39 Å². The summed E-state index contributed by atoms with van der Waals surface area (Å²) in [5, 5.41) is 6.21. The molecular formula is C20H24BrFN4O. The van der Waals surface area contributed by atoms with Gasteiger partial charge in [-0.3, -0.25) is 9.79 Å². The minimum Gasteiger partial charge on any atom is -0.356 e. The van der Waals surface area contributed by atoms with Crippen LogP contribution in [0.3, 0.4) is 0 Å². The summed E-state index contributed by atoms with van der Waals surface area (Å²) in [4.78, 5) is 18.1. The van der Waals surface area contributed by atoms with Crippen molar-refractivity contribution in [3.8, 4) is 0 Å². The molecule has 0 aliphatic rings. The van der Waals surface area contributed by atoms with Crippen LogP contribution in [0.1, 0.15) is 17.5 Å². The second-order valence-corrected chi connectivity index (χ2v) is 6.93. The van der Waals surface area contributed by atoms with Crippen LogP contribution >= 0.6 is 15.9 Å². The van der Waals surface area contributed by atoms with E-state index >= 15 is 0 Å². The van der Waals surface area contributed by atoms with Gasteiger partial charge in [0, 0.05) is 44.6 Å². The third-order valence-corrected chi connectivity index (χ3v) is 4.77. The molecule has 7 heteroatoms. The fourth-order valence-electron chi connectivity index (χ4n) is 2.50. The third-order valence-electron chi connectivity index (χ3n) is 4.00. The van der Waals surface area contributed by atoms with Crippen molar-refractivity contribution in [2.75, 3.05) is 20.6 Å². The lowest BCUT2D eigenvalue weighted by Crippen LogP contribution is -2.39. The lowest BCUT2D eigenvalue weighted by atomic mass is 10.2. The minimum atomic E-state index is -0.268. The molecule has 0 saturated carbocycles. The predicted octanol–water partition coefficient (Wildman–Crippen LogP) is 3.30. The van der Waals surface area contributed by atoms with Gasteiger partial charge in [0.05, 0.1) is 0 Å². The molecule has 0 bridgehead atoms. The normalized spacial score (nSPS) is 11.2. The van der Waals surface area contributed by atoms with E-state index in [-0.39, 0.29) is 11.7 Å². The lowest BCUT2D eigenvalue weighted by molar-refractivity contribution is -0.130. The molecule has 2 N–H and O–H groups in total. The lowest BCUT2D eigenvalue weighted by Gasteiger charge is -2.19. The Bertz CT molecular complexity index is 797. The Morgan fingerprint density at radius 3 is 2.67 bits per heavy atom. The Hall–Kier alpha value is -2.41. The smallest absolute Gasteiger partial charge is 0.224 e. The van der Waals surface area contributed by atoms with Crippen molar-refractivity contribution >= 4 is 27.8 Å². The maximum Gasteiger partial charge on any atom is 0.224 e. The maximum absolute atomic E-state index is 13.2. The van der Waals surface area contributed by atoms with Gasteiger partial charge in [-0.2, -0.15) is 0 Å². The molecule has 2 rings (SSSR count). The highest BCUT2D eigenvalue weighted by Gasteiger charge is 2.11. The van der Waals surface area contributed by atoms with Crippen LogP contribution in [-0.4, -0.2) is 37.4 Å². The van der Waals surface area contributed by atoms with E-state index in [4.69, 9.17) is 0 Å². The van der Waals surface area contributed by atoms with Gasteiger partial charge in [0.1, 0.15) is 5.82 Å². The molecule has 0 fully saturated rings. The van der Waals surface area contributed by atoms with Crippen LogP contribution < -0.4 is 10.6 Å². The average Bonchev–Trinajstić information content (AvgIpc) is 2.66. The second kappa shape index (κ2) is 10.7. The van der Waals surface area contributed by atoms with Gasteiger partial charge in [0.2, 0.25) is 5.91 Å². The molecule has 144 valence electrons. The number of guanidine groups is 1. The number of benzene rings is 2. The van der Waals surface area contributed by atoms with E-state index in [0.29, 0.717) is 32.0 Å². The number of amides is 1. The number of halogens is 2. The maximum atomic E-state index is 13.2. The van der Waals surface area contributed by atoms with Crippen molar-refractivity contribution in [2.24, 2.45) is 4.99 Å². The summed E-state index contributed by atoms with van der Waals surface area (Å²) in [7, 11) is 3.45. The molecule has 27 heavy (non-hydrogen) atoms. The van der Waals surface area contributed by atoms with Gasteiger partial charge in [0.25, 0.3) is 0 Å². The van der Waals surface area contributed by atoms with E-state index in [1.165, 1.54) is 12.1 Å². The molecule has 0 saturated heterocycles. The standard InChI is InChI=1S/C20H24BrFN4O/c1-23-20(25-13-15-6-5-8-17(22)12-15)24-11-10-19(27)26(2)14-16-7-3-4-9-18(16)21/h3-9,12H,10-11,13-14H2,1-2H3,(H2,23,24,25). The van der Waals surface area contributed by atoms with Crippen LogP contribution in [0.5, 0.6) is 0 Å². The molecule has 0 aliphatic carbocycles. The number of nitrogens with one attached hydrogen (secondary N) is 2. The Balaban J connectivity index is 1.74. The summed E-state index contributed by atoms with van der Waals surface area (Å²) < 4.78 is 14.2. The number of carbonyl (C=O) groups excluding carboxylic acids is 1. The Kier molecular flexibility index (Phi) is 8.26. The Morgan fingerprint density at radius 1 is 1.19 bits per heavy atom. The third kappa shape index (κ3) is 7.02. The summed E-state index contributed by atoms with van der Waals surface area (Å²) in [6.07, 6.45) is 0.349. The fourth-order valence-corrected chi connectivity index (χ4v) is 2.91. The number of hydrogen-bond acceptors (Lipinski definition) is 2. The summed E-state index contributed by atoms with van der Waals surface area (Å²) in [6, 6.07) is 14.2. The van der Waals surface area contributed by atoms with E-state index in [1.54, 1.807) is 25.1 Å². The van der Waals surface area contributed by atoms with E-state index in [2.05, 4.69) is 31.6 Å². The van der Waals surface area contributed by atoms with Gasteiger partial charge >= 0.3 is 0 Å². The van der Waals surface area contributed by atoms with Gasteiger partial charge in [-0.1, -0.05) is 46.3 Å². The molecule has 0 spiro atoms. The molecule has 2 aromatic carbocycles. The summed E-state index contributed by atoms with van der Waals surface area (Å²) in [5.74, 6) is 0.343. The summed E-state index contributed by atoms with van der Waals surface area (Å²) in [5.41, 5.74) is 1.89. The molecule has 0 aliphatic heterocycles. The van der Waals surface area contributed by atoms with Crippen LogP contribution in [-0.2, 0) is 17.9 Å². The molecule has 0 atom stereocenters. The minimum absolute atomic E-state index is 0.0406. The van der Waals surface area contributed by atoms with E-state index in [0.717, 1.165) is 15.6 Å². The first-order valence-electron chi connectivity index (χ1n) is 8.66. The quantitative estimate of drug-likeness (QED) is 0.519. The van der Waals surface area contributed by atoms with Crippen LogP contribution in [0.15, 0.2) is 58.0 Å². The van der Waals surface area contributed by atoms with Gasteiger partial charge in [-0.15, -0.1) is 0 Å². The number of aliphatic imine (C=N–C) groups is 1. The number of hydrogen-bond donors (Lipinski definition) is 2. The second-order valence-electron chi connectivity index (χ2n) is 6.07. The number of nitrogens with zero attached hydrogens (tertiary/aromatic N) is 2. The SMILES string of the molecule is CN=C(NCCC(=O)N(C)Cc1ccccc1Br)NCc1cccc(F)c1. The molecule has 0 radical (unpaired) electrons. The van der Waals surface area contributed by atoms with Crippen LogP contribution in [0.25, 0.3) is 0 Å². The largest absolute Gasteiger partial charge is 0.356 e. The van der Waals surface area contributed by atoms with Crippen LogP contribution in [0.2, 0.25) is 0 Å². The first-order chi connectivity index (χ1) is 13.0. The van der Waals surface area contributed by atoms with Crippen molar-refractivity contribution < 1.29 is 9.18 Å². The van der Waals surface area contributed by atoms with E-state index in [1.807, 2.05) is 30.3 Å². The molecule has 0 unspecified atom stereocenters. The summed E-state index contributed by atoms with van der Waals surface area (Å²) >= 11 is 3.50. The Morgan fingerprint density at radius 2 is 1.96 bits per heavy atom. The number of carbonyl (C=O) groups is 1. The predicted molar refractivity (Wildman–Crippen MR) is 110 cm³/mol. The average molecular weight is 435 g/mol. The van der Waals surface area contributed by atoms with Crippen molar-refractivity contribution in [3.05, 3.63) is 69.9 Å².